The van der Waals surface area contributed by atoms with Crippen LogP contribution < -0.4 is 10.6 Å². The van der Waals surface area contributed by atoms with Crippen molar-refractivity contribution in [2.24, 2.45) is 0 Å². The van der Waals surface area contributed by atoms with Gasteiger partial charge in [-0.15, -0.1) is 0 Å². The van der Waals surface area contributed by atoms with E-state index in [0.29, 0.717) is 6.04 Å². The lowest BCUT2D eigenvalue weighted by Crippen LogP contribution is -2.30. The summed E-state index contributed by atoms with van der Waals surface area (Å²) in [6.45, 7) is 9.31. The predicted molar refractivity (Wildman–Crippen MR) is 95.5 cm³/mol. The summed E-state index contributed by atoms with van der Waals surface area (Å²) in [5.74, 6) is 0. The number of morpholine rings is 1. The molecule has 1 aliphatic carbocycles. The summed E-state index contributed by atoms with van der Waals surface area (Å²) in [6.07, 6.45) is 10.5. The molecule has 0 amide bonds. The maximum atomic E-state index is 5.01. The molecule has 0 radical (unpaired) electrons. The molecule has 0 aromatic heterocycles. The van der Waals surface area contributed by atoms with Crippen LogP contribution >= 0.6 is 13.5 Å². The summed E-state index contributed by atoms with van der Waals surface area (Å²) in [5.41, 5.74) is 1.45. The van der Waals surface area contributed by atoms with Gasteiger partial charge in [-0.1, -0.05) is 25.2 Å². The fraction of sp³-hybridized carbons (Fsp3) is 0.733. The third-order valence-corrected chi connectivity index (χ3v) is 3.19. The molecule has 1 saturated heterocycles. The van der Waals surface area contributed by atoms with Crippen molar-refractivity contribution in [3.63, 3.8) is 0 Å². The standard InChI is InChI=1S/C11H19N.C4H9NO.2H2O.H2S/c1-3-10(2)12-9-11-7-5-4-6-8-11;1-3-6-4-2-5-1;;;/h5,7-8,10,12H,3-4,6,9H2,1-2H3;5H,1-4H2;3*1H2. The third kappa shape index (κ3) is 14.3. The molecule has 0 saturated carbocycles. The fourth-order valence-corrected chi connectivity index (χ4v) is 1.75. The number of rotatable bonds is 4. The average Bonchev–Trinajstić information content (AvgIpc) is 2.48. The maximum absolute atomic E-state index is 5.01. The molecule has 2 rings (SSSR count). The predicted octanol–water partition coefficient (Wildman–Crippen LogP) is 0.720. The lowest BCUT2D eigenvalue weighted by atomic mass is 10.1. The fourth-order valence-electron chi connectivity index (χ4n) is 1.75. The summed E-state index contributed by atoms with van der Waals surface area (Å²) < 4.78 is 5.01. The van der Waals surface area contributed by atoms with Gasteiger partial charge in [0.05, 0.1) is 13.2 Å². The Bertz CT molecular complexity index is 258. The minimum Gasteiger partial charge on any atom is -0.412 e. The molecular formula is C15H34N2O3S. The normalized spacial score (nSPS) is 17.7. The summed E-state index contributed by atoms with van der Waals surface area (Å²) in [4.78, 5) is 0. The molecule has 1 atom stereocenters. The second-order valence-electron chi connectivity index (χ2n) is 4.81. The Kier molecular flexibility index (Phi) is 21.5. The molecule has 1 unspecified atom stereocenters. The van der Waals surface area contributed by atoms with Gasteiger partial charge in [0.1, 0.15) is 0 Å². The zero-order chi connectivity index (χ0) is 13.1. The van der Waals surface area contributed by atoms with Crippen LogP contribution in [-0.2, 0) is 4.74 Å². The average molecular weight is 323 g/mol. The van der Waals surface area contributed by atoms with Crippen LogP contribution in [0.15, 0.2) is 23.8 Å². The van der Waals surface area contributed by atoms with Crippen LogP contribution in [0.25, 0.3) is 0 Å². The van der Waals surface area contributed by atoms with Gasteiger partial charge < -0.3 is 26.3 Å². The van der Waals surface area contributed by atoms with Gasteiger partial charge in [0.15, 0.2) is 0 Å². The van der Waals surface area contributed by atoms with Gasteiger partial charge in [-0.2, -0.15) is 13.5 Å². The second kappa shape index (κ2) is 17.7. The van der Waals surface area contributed by atoms with E-state index in [9.17, 15) is 0 Å². The molecule has 21 heavy (non-hydrogen) atoms. The van der Waals surface area contributed by atoms with Gasteiger partial charge in [0.25, 0.3) is 0 Å². The highest BCUT2D eigenvalue weighted by atomic mass is 32.1. The van der Waals surface area contributed by atoms with Gasteiger partial charge in [0, 0.05) is 25.7 Å². The topological polar surface area (TPSA) is 96.3 Å². The molecule has 1 heterocycles. The van der Waals surface area contributed by atoms with Crippen molar-refractivity contribution in [2.75, 3.05) is 32.8 Å². The zero-order valence-electron chi connectivity index (χ0n) is 13.4. The van der Waals surface area contributed by atoms with Crippen molar-refractivity contribution in [3.8, 4) is 0 Å². The van der Waals surface area contributed by atoms with Gasteiger partial charge in [-0.25, -0.2) is 0 Å². The summed E-state index contributed by atoms with van der Waals surface area (Å²) in [5, 5.41) is 6.64. The second-order valence-corrected chi connectivity index (χ2v) is 4.81. The van der Waals surface area contributed by atoms with Gasteiger partial charge >= 0.3 is 0 Å². The van der Waals surface area contributed by atoms with Gasteiger partial charge in [-0.3, -0.25) is 0 Å². The van der Waals surface area contributed by atoms with E-state index >= 15 is 0 Å². The van der Waals surface area contributed by atoms with Gasteiger partial charge in [-0.05, 0) is 31.8 Å². The van der Waals surface area contributed by atoms with Crippen molar-refractivity contribution >= 4 is 13.5 Å². The molecule has 1 fully saturated rings. The van der Waals surface area contributed by atoms with Crippen molar-refractivity contribution < 1.29 is 15.7 Å². The van der Waals surface area contributed by atoms with Crippen LogP contribution in [0.2, 0.25) is 0 Å². The van der Waals surface area contributed by atoms with Crippen molar-refractivity contribution in [3.05, 3.63) is 23.8 Å². The van der Waals surface area contributed by atoms with E-state index < -0.39 is 0 Å². The first-order valence-electron chi connectivity index (χ1n) is 7.20. The number of nitrogens with one attached hydrogen (secondary N) is 2. The lowest BCUT2D eigenvalue weighted by molar-refractivity contribution is 0.109. The van der Waals surface area contributed by atoms with E-state index in [0.717, 1.165) is 32.8 Å². The first-order chi connectivity index (χ1) is 8.83. The highest BCUT2D eigenvalue weighted by Crippen LogP contribution is 2.08. The molecule has 6 N–H and O–H groups in total. The summed E-state index contributed by atoms with van der Waals surface area (Å²) in [7, 11) is 0. The van der Waals surface area contributed by atoms with E-state index in [-0.39, 0.29) is 24.4 Å². The molecule has 0 spiro atoms. The van der Waals surface area contributed by atoms with Crippen LogP contribution in [0.4, 0.5) is 0 Å². The number of allylic oxidation sites excluding steroid dienone is 2. The van der Waals surface area contributed by atoms with Crippen LogP contribution in [0.3, 0.4) is 0 Å². The maximum Gasteiger partial charge on any atom is 0.0591 e. The Morgan fingerprint density at radius 1 is 1.24 bits per heavy atom. The zero-order valence-corrected chi connectivity index (χ0v) is 14.4. The first-order valence-corrected chi connectivity index (χ1v) is 7.20. The monoisotopic (exact) mass is 322 g/mol. The minimum absolute atomic E-state index is 0. The molecule has 0 bridgehead atoms. The highest BCUT2D eigenvalue weighted by molar-refractivity contribution is 7.59. The van der Waals surface area contributed by atoms with Crippen LogP contribution in [0.5, 0.6) is 0 Å². The Balaban J connectivity index is -0.000000312. The van der Waals surface area contributed by atoms with E-state index in [2.05, 4.69) is 42.7 Å². The Hall–Kier alpha value is -0.370. The van der Waals surface area contributed by atoms with E-state index in [1.165, 1.54) is 24.8 Å². The Labute approximate surface area is 136 Å². The van der Waals surface area contributed by atoms with Crippen molar-refractivity contribution in [1.29, 1.82) is 0 Å². The number of hydrogen-bond donors (Lipinski definition) is 2. The molecule has 2 aliphatic rings. The Morgan fingerprint density at radius 2 is 1.90 bits per heavy atom. The quantitative estimate of drug-likeness (QED) is 0.798. The largest absolute Gasteiger partial charge is 0.412 e. The van der Waals surface area contributed by atoms with Gasteiger partial charge in [0.2, 0.25) is 0 Å². The van der Waals surface area contributed by atoms with Crippen molar-refractivity contribution in [2.45, 2.75) is 39.2 Å². The van der Waals surface area contributed by atoms with Crippen LogP contribution in [0, 0.1) is 0 Å². The molecule has 0 aromatic rings. The van der Waals surface area contributed by atoms with E-state index in [1.54, 1.807) is 0 Å². The van der Waals surface area contributed by atoms with Crippen molar-refractivity contribution in [1.82, 2.24) is 10.6 Å². The Morgan fingerprint density at radius 3 is 2.29 bits per heavy atom. The minimum atomic E-state index is 0. The van der Waals surface area contributed by atoms with Crippen LogP contribution in [0.1, 0.15) is 33.1 Å². The molecule has 1 aliphatic heterocycles. The SMILES string of the molecule is C1COCCN1.CCC(C)NCC1=CCCC=C1.O.O.S. The molecular weight excluding hydrogens is 288 g/mol. The van der Waals surface area contributed by atoms with E-state index in [1.807, 2.05) is 0 Å². The summed E-state index contributed by atoms with van der Waals surface area (Å²) >= 11 is 0. The number of hydrogen-bond acceptors (Lipinski definition) is 3. The van der Waals surface area contributed by atoms with E-state index in [4.69, 9.17) is 4.74 Å². The highest BCUT2D eigenvalue weighted by Gasteiger charge is 1.99. The lowest BCUT2D eigenvalue weighted by Gasteiger charge is -2.13. The molecule has 5 nitrogen and oxygen atoms in total. The number of ether oxygens (including phenoxy) is 1. The first kappa shape index (κ1) is 25.6. The van der Waals surface area contributed by atoms with Crippen LogP contribution in [-0.4, -0.2) is 49.8 Å². The molecule has 6 heteroatoms. The smallest absolute Gasteiger partial charge is 0.0591 e. The summed E-state index contributed by atoms with van der Waals surface area (Å²) in [6, 6.07) is 0.640. The molecule has 0 aromatic carbocycles. The molecule has 128 valence electrons. The third-order valence-electron chi connectivity index (χ3n) is 3.19.